The molecule has 0 spiro atoms. The van der Waals surface area contributed by atoms with Crippen molar-refractivity contribution in [1.29, 1.82) is 0 Å². The normalized spacial score (nSPS) is 11.9. The SMILES string of the molecule is Fc1c(F)c(F)c([B-](c2c(F)c(F)c(F)c(F)c2F)(c2c(F)c(F)c(F)c(F)c2F)c2c(F)c(F)c(F)c(F)c2F)c(F)c1F.Fc1c(F)c(F)c([B-](c2c(F)c(F)c(F)c(F)c2F)(c2c(F)c(F)c(F)c(F)c2F)c2c(F)c(F)c(F)c(F)c2F)c(F)c1F.Fc1c(F)c(F)c([B-](c2c(F)c(F)c(F)c(F)c2F)(c2c(F)c(F)c(F)c(F)c2F)c2c(F)c(F)c(F)c(F)c2F)c(F)c1F.[Fe+3]. The summed E-state index contributed by atoms with van der Waals surface area (Å²) in [4.78, 5) is 0. The molecular weight excluding hydrogens is 2090 g/mol. The molecule has 0 bridgehead atoms. The fraction of sp³-hybridized carbons (Fsp3) is 0. The van der Waals surface area contributed by atoms with Crippen molar-refractivity contribution in [3.8, 4) is 0 Å². The average Bonchev–Trinajstić information content (AvgIpc) is 0.687. The average molecular weight is 2090 g/mol. The van der Waals surface area contributed by atoms with E-state index in [4.69, 9.17) is 0 Å². The van der Waals surface area contributed by atoms with Crippen LogP contribution in [0.1, 0.15) is 0 Å². The molecule has 0 heterocycles. The predicted octanol–water partition coefficient (Wildman–Crippen LogP) is 17.5. The van der Waals surface area contributed by atoms with Gasteiger partial charge in [0, 0.05) is 0 Å². The standard InChI is InChI=1S/3C24BF20.Fe/c3*26-5-1(6(27)14(35)21(42)13(5)34)25(2-7(28)15(36)22(43)16(37)8(2)29,3-9(30)17(38)23(44)18(39)10(3)31)4-11(32)19(40)24(45)20(41)12(4)33;/q3*-1;+3. The van der Waals surface area contributed by atoms with Crippen molar-refractivity contribution in [1.82, 2.24) is 0 Å². The first-order chi connectivity index (χ1) is 62.1. The molecule has 12 aromatic rings. The molecule has 0 fully saturated rings. The van der Waals surface area contributed by atoms with Crippen LogP contribution in [0.15, 0.2) is 0 Å². The Morgan fingerprint density at radius 3 is 0.125 bits per heavy atom. The van der Waals surface area contributed by atoms with Crippen LogP contribution in [-0.2, 0) is 17.1 Å². The molecule has 0 saturated heterocycles. The molecule has 0 amide bonds. The largest absolute Gasteiger partial charge is 3.00 e. The van der Waals surface area contributed by atoms with E-state index in [2.05, 4.69) is 0 Å². The molecule has 0 aliphatic rings. The molecule has 0 nitrogen and oxygen atoms in total. The van der Waals surface area contributed by atoms with Crippen molar-refractivity contribution in [2.24, 2.45) is 0 Å². The Morgan fingerprint density at radius 2 is 0.0882 bits per heavy atom. The van der Waals surface area contributed by atoms with Crippen molar-refractivity contribution in [2.75, 3.05) is 0 Å². The van der Waals surface area contributed by atoms with Gasteiger partial charge in [0.1, 0.15) is 158 Å². The molecule has 0 aliphatic heterocycles. The van der Waals surface area contributed by atoms with E-state index in [1.165, 1.54) is 0 Å². The Hall–Kier alpha value is -12.8. The number of benzene rings is 12. The van der Waals surface area contributed by atoms with E-state index in [-0.39, 0.29) is 17.1 Å². The molecule has 0 N–H and O–H groups in total. The summed E-state index contributed by atoms with van der Waals surface area (Å²) in [6.07, 6.45) is -21.7. The summed E-state index contributed by atoms with van der Waals surface area (Å²) < 4.78 is 882. The quantitative estimate of drug-likeness (QED) is 0.0495. The first-order valence-corrected chi connectivity index (χ1v) is 32.8. The molecule has 12 aromatic carbocycles. The van der Waals surface area contributed by atoms with Gasteiger partial charge in [-0.1, -0.05) is 0 Å². The number of hydrogen-bond acceptors (Lipinski definition) is 0. The number of hydrogen-bond donors (Lipinski definition) is 0. The maximum absolute atomic E-state index is 15.4. The van der Waals surface area contributed by atoms with Crippen LogP contribution in [0.4, 0.5) is 263 Å². The van der Waals surface area contributed by atoms with Crippen LogP contribution < -0.4 is 65.6 Å². The van der Waals surface area contributed by atoms with Gasteiger partial charge < -0.3 is 0 Å². The van der Waals surface area contributed by atoms with Crippen LogP contribution in [0.3, 0.4) is 0 Å². The topological polar surface area (TPSA) is 0 Å². The Morgan fingerprint density at radius 1 is 0.0588 bits per heavy atom. The summed E-state index contributed by atoms with van der Waals surface area (Å²) >= 11 is 0. The number of halogens is 60. The van der Waals surface area contributed by atoms with Gasteiger partial charge in [-0.15, -0.1) is 65.6 Å². The minimum absolute atomic E-state index is 0. The van der Waals surface area contributed by atoms with Gasteiger partial charge in [-0.2, -0.15) is 0 Å². The van der Waals surface area contributed by atoms with Crippen LogP contribution in [0.25, 0.3) is 0 Å². The summed E-state index contributed by atoms with van der Waals surface area (Å²) in [5.74, 6) is -214. The van der Waals surface area contributed by atoms with Crippen LogP contribution in [0, 0.1) is 349 Å². The molecule has 1 radical (unpaired) electrons. The van der Waals surface area contributed by atoms with Crippen molar-refractivity contribution < 1.29 is 280 Å². The molecule has 12 rings (SSSR count). The fourth-order valence-corrected chi connectivity index (χ4v) is 14.6. The maximum Gasteiger partial charge on any atom is 3.00 e. The zero-order valence-electron chi connectivity index (χ0n) is 60.8. The van der Waals surface area contributed by atoms with Crippen LogP contribution >= 0.6 is 0 Å². The monoisotopic (exact) mass is 2090 g/mol. The van der Waals surface area contributed by atoms with E-state index in [1.54, 1.807) is 0 Å². The second-order valence-electron chi connectivity index (χ2n) is 26.4. The molecule has 0 aromatic heterocycles. The van der Waals surface area contributed by atoms with Gasteiger partial charge in [-0.05, 0) is 0 Å². The summed E-state index contributed by atoms with van der Waals surface area (Å²) in [5, 5.41) is 0. The van der Waals surface area contributed by atoms with Gasteiger partial charge in [0.25, 0.3) is 0 Å². The second-order valence-corrected chi connectivity index (χ2v) is 26.4. The van der Waals surface area contributed by atoms with Crippen LogP contribution in [-0.4, -0.2) is 18.4 Å². The zero-order valence-corrected chi connectivity index (χ0v) is 61.9. The molecule has 0 aliphatic carbocycles. The van der Waals surface area contributed by atoms with E-state index >= 15 is 105 Å². The first kappa shape index (κ1) is 107. The smallest absolute Gasteiger partial charge is 0.207 e. The maximum atomic E-state index is 15.4. The molecule has 0 atom stereocenters. The van der Waals surface area contributed by atoms with Gasteiger partial charge in [-0.3, -0.25) is 0 Å². The van der Waals surface area contributed by atoms with E-state index in [0.29, 0.717) is 0 Å². The third-order valence-corrected chi connectivity index (χ3v) is 20.1. The minimum atomic E-state index is -7.22. The zero-order chi connectivity index (χ0) is 103. The van der Waals surface area contributed by atoms with Gasteiger partial charge in [0.2, 0.25) is 0 Å². The third kappa shape index (κ3) is 14.5. The Kier molecular flexibility index (Phi) is 28.8. The van der Waals surface area contributed by atoms with E-state index in [1.807, 2.05) is 0 Å². The molecular formula is C72B3F60Fe. The van der Waals surface area contributed by atoms with Gasteiger partial charge >= 0.3 is 17.1 Å². The van der Waals surface area contributed by atoms with Gasteiger partial charge in [0.15, 0.2) is 209 Å². The Bertz CT molecular complexity index is 5390. The molecule has 0 saturated carbocycles. The summed E-state index contributed by atoms with van der Waals surface area (Å²) in [5.41, 5.74) is -43.0. The summed E-state index contributed by atoms with van der Waals surface area (Å²) in [7, 11) is 0. The van der Waals surface area contributed by atoms with Crippen molar-refractivity contribution in [3.63, 3.8) is 0 Å². The third-order valence-electron chi connectivity index (χ3n) is 20.1. The van der Waals surface area contributed by atoms with Crippen molar-refractivity contribution in [2.45, 2.75) is 0 Å². The van der Waals surface area contributed by atoms with Crippen LogP contribution in [0.2, 0.25) is 0 Å². The predicted molar refractivity (Wildman–Crippen MR) is 328 cm³/mol. The molecule has 0 unspecified atom stereocenters. The van der Waals surface area contributed by atoms with Crippen molar-refractivity contribution >= 4 is 84.0 Å². The number of rotatable bonds is 12. The van der Waals surface area contributed by atoms with E-state index in [0.717, 1.165) is 0 Å². The van der Waals surface area contributed by atoms with E-state index < -0.39 is 433 Å². The molecule has 64 heteroatoms. The molecule has 725 valence electrons. The summed E-state index contributed by atoms with van der Waals surface area (Å²) in [6.45, 7) is 0. The Balaban J connectivity index is 0.000000228. The van der Waals surface area contributed by atoms with Gasteiger partial charge in [-0.25, -0.2) is 263 Å². The summed E-state index contributed by atoms with van der Waals surface area (Å²) in [6, 6.07) is 0. The second kappa shape index (κ2) is 36.7. The fourth-order valence-electron chi connectivity index (χ4n) is 14.6. The molecule has 136 heavy (non-hydrogen) atoms. The van der Waals surface area contributed by atoms with Gasteiger partial charge in [0.05, 0.1) is 0 Å². The van der Waals surface area contributed by atoms with Crippen LogP contribution in [0.5, 0.6) is 0 Å². The Labute approximate surface area is 712 Å². The van der Waals surface area contributed by atoms with E-state index in [9.17, 15) is 158 Å². The minimum Gasteiger partial charge on any atom is -0.207 e. The van der Waals surface area contributed by atoms with Crippen molar-refractivity contribution in [3.05, 3.63) is 349 Å². The first-order valence-electron chi connectivity index (χ1n) is 32.8.